The van der Waals surface area contributed by atoms with E-state index in [-0.39, 0.29) is 6.61 Å². The molecule has 0 bridgehead atoms. The van der Waals surface area contributed by atoms with Crippen LogP contribution in [-0.2, 0) is 4.74 Å². The first-order valence-electron chi connectivity index (χ1n) is 6.60. The highest BCUT2D eigenvalue weighted by atomic mass is 16.5. The van der Waals surface area contributed by atoms with Crippen molar-refractivity contribution in [1.29, 1.82) is 0 Å². The number of imidazole rings is 1. The molecule has 0 aromatic carbocycles. The maximum Gasteiger partial charge on any atom is 0.245 e. The molecule has 8 heteroatoms. The van der Waals surface area contributed by atoms with Gasteiger partial charge in [0.15, 0.2) is 11.2 Å². The summed E-state index contributed by atoms with van der Waals surface area (Å²) in [6, 6.07) is 0. The van der Waals surface area contributed by atoms with E-state index in [1.54, 1.807) is 17.0 Å². The predicted molar refractivity (Wildman–Crippen MR) is 72.6 cm³/mol. The van der Waals surface area contributed by atoms with E-state index in [2.05, 4.69) is 21.5 Å². The second-order valence-electron chi connectivity index (χ2n) is 4.72. The van der Waals surface area contributed by atoms with E-state index in [1.807, 2.05) is 0 Å². The first-order chi connectivity index (χ1) is 10.2. The third-order valence-corrected chi connectivity index (χ3v) is 3.36. The number of fused-ring (bicyclic) bond motifs is 1. The normalized spacial score (nSPS) is 25.3. The fraction of sp³-hybridized carbons (Fsp3) is 0.462. The van der Waals surface area contributed by atoms with E-state index in [4.69, 9.17) is 14.6 Å². The van der Waals surface area contributed by atoms with Gasteiger partial charge in [0.1, 0.15) is 25.3 Å². The minimum Gasteiger partial charge on any atom is -0.472 e. The summed E-state index contributed by atoms with van der Waals surface area (Å²) < 4.78 is 12.7. The van der Waals surface area contributed by atoms with Crippen LogP contribution in [0.15, 0.2) is 25.3 Å². The zero-order chi connectivity index (χ0) is 14.8. The molecule has 3 unspecified atom stereocenters. The molecule has 3 rings (SSSR count). The standard InChI is InChI=1S/C13H16N4O4/c1-2-3-20-13-11-12(14-6-15-13)17(7-16-11)10-4-8(19)9(5-18)21-10/h2,6-10,18-19H,1,3-5H2. The van der Waals surface area contributed by atoms with Gasteiger partial charge < -0.3 is 19.7 Å². The highest BCUT2D eigenvalue weighted by molar-refractivity contribution is 5.76. The maximum atomic E-state index is 9.81. The molecule has 1 fully saturated rings. The van der Waals surface area contributed by atoms with Gasteiger partial charge in [0.2, 0.25) is 5.88 Å². The molecule has 3 heterocycles. The van der Waals surface area contributed by atoms with Crippen molar-refractivity contribution in [3.63, 3.8) is 0 Å². The summed E-state index contributed by atoms with van der Waals surface area (Å²) in [5.41, 5.74) is 1.07. The first-order valence-corrected chi connectivity index (χ1v) is 6.60. The van der Waals surface area contributed by atoms with Crippen molar-refractivity contribution in [1.82, 2.24) is 19.5 Å². The zero-order valence-corrected chi connectivity index (χ0v) is 11.3. The number of nitrogens with zero attached hydrogens (tertiary/aromatic N) is 4. The van der Waals surface area contributed by atoms with Crippen LogP contribution in [0.25, 0.3) is 11.2 Å². The third-order valence-electron chi connectivity index (χ3n) is 3.36. The summed E-state index contributed by atoms with van der Waals surface area (Å²) in [5.74, 6) is 0.371. The molecule has 0 radical (unpaired) electrons. The zero-order valence-electron chi connectivity index (χ0n) is 11.3. The second-order valence-corrected chi connectivity index (χ2v) is 4.72. The van der Waals surface area contributed by atoms with Crippen molar-refractivity contribution < 1.29 is 19.7 Å². The van der Waals surface area contributed by atoms with Crippen molar-refractivity contribution in [2.24, 2.45) is 0 Å². The van der Waals surface area contributed by atoms with Gasteiger partial charge in [0.25, 0.3) is 0 Å². The minimum absolute atomic E-state index is 0.229. The van der Waals surface area contributed by atoms with Crippen LogP contribution in [-0.4, -0.2) is 55.2 Å². The summed E-state index contributed by atoms with van der Waals surface area (Å²) in [4.78, 5) is 12.5. The Kier molecular flexibility index (Phi) is 3.82. The molecule has 1 aliphatic heterocycles. The topological polar surface area (TPSA) is 103 Å². The van der Waals surface area contributed by atoms with Crippen molar-refractivity contribution in [3.05, 3.63) is 25.3 Å². The summed E-state index contributed by atoms with van der Waals surface area (Å²) in [6.45, 7) is 3.68. The molecule has 2 aromatic heterocycles. The second kappa shape index (κ2) is 5.76. The van der Waals surface area contributed by atoms with Crippen LogP contribution in [0.3, 0.4) is 0 Å². The number of aromatic nitrogens is 4. The molecule has 3 atom stereocenters. The fourth-order valence-corrected chi connectivity index (χ4v) is 2.33. The molecule has 8 nitrogen and oxygen atoms in total. The Morgan fingerprint density at radius 1 is 1.48 bits per heavy atom. The number of ether oxygens (including phenoxy) is 2. The Bertz CT molecular complexity index is 644. The molecular weight excluding hydrogens is 276 g/mol. The van der Waals surface area contributed by atoms with E-state index in [9.17, 15) is 5.11 Å². The van der Waals surface area contributed by atoms with Gasteiger partial charge >= 0.3 is 0 Å². The van der Waals surface area contributed by atoms with Crippen LogP contribution in [0.4, 0.5) is 0 Å². The Balaban J connectivity index is 1.92. The summed E-state index contributed by atoms with van der Waals surface area (Å²) in [5, 5.41) is 19.0. The minimum atomic E-state index is -0.712. The summed E-state index contributed by atoms with van der Waals surface area (Å²) in [7, 11) is 0. The highest BCUT2D eigenvalue weighted by Gasteiger charge is 2.35. The number of hydrogen-bond donors (Lipinski definition) is 2. The van der Waals surface area contributed by atoms with Crippen molar-refractivity contribution in [2.45, 2.75) is 24.9 Å². The van der Waals surface area contributed by atoms with Crippen molar-refractivity contribution in [3.8, 4) is 5.88 Å². The third kappa shape index (κ3) is 2.48. The molecule has 0 aliphatic carbocycles. The Hall–Kier alpha value is -2.03. The molecule has 0 spiro atoms. The van der Waals surface area contributed by atoms with E-state index in [1.165, 1.54) is 6.33 Å². The van der Waals surface area contributed by atoms with Gasteiger partial charge in [-0.25, -0.2) is 9.97 Å². The highest BCUT2D eigenvalue weighted by Crippen LogP contribution is 2.31. The number of aliphatic hydroxyl groups is 2. The largest absolute Gasteiger partial charge is 0.472 e. The van der Waals surface area contributed by atoms with Gasteiger partial charge in [0, 0.05) is 6.42 Å². The monoisotopic (exact) mass is 292 g/mol. The van der Waals surface area contributed by atoms with Crippen LogP contribution in [0.2, 0.25) is 0 Å². The maximum absolute atomic E-state index is 9.81. The SMILES string of the molecule is C=CCOc1ncnc2c1ncn2C1CC(O)C(CO)O1. The first kappa shape index (κ1) is 13.9. The lowest BCUT2D eigenvalue weighted by Crippen LogP contribution is -2.24. The lowest BCUT2D eigenvalue weighted by molar-refractivity contribution is -0.0432. The Morgan fingerprint density at radius 3 is 3.05 bits per heavy atom. The van der Waals surface area contributed by atoms with E-state index >= 15 is 0 Å². The van der Waals surface area contributed by atoms with Gasteiger partial charge in [-0.1, -0.05) is 12.7 Å². The number of hydrogen-bond acceptors (Lipinski definition) is 7. The molecule has 2 aromatic rings. The Morgan fingerprint density at radius 2 is 2.33 bits per heavy atom. The van der Waals surface area contributed by atoms with E-state index < -0.39 is 18.4 Å². The average molecular weight is 292 g/mol. The van der Waals surface area contributed by atoms with Crippen LogP contribution in [0.5, 0.6) is 5.88 Å². The fourth-order valence-electron chi connectivity index (χ4n) is 2.33. The number of aliphatic hydroxyl groups excluding tert-OH is 2. The molecule has 1 saturated heterocycles. The van der Waals surface area contributed by atoms with Crippen LogP contribution in [0.1, 0.15) is 12.6 Å². The smallest absolute Gasteiger partial charge is 0.245 e. The quantitative estimate of drug-likeness (QED) is 0.749. The van der Waals surface area contributed by atoms with Crippen molar-refractivity contribution >= 4 is 11.2 Å². The van der Waals surface area contributed by atoms with E-state index in [0.717, 1.165) is 0 Å². The molecule has 0 amide bonds. The number of rotatable bonds is 5. The van der Waals surface area contributed by atoms with Crippen LogP contribution < -0.4 is 4.74 Å². The molecule has 2 N–H and O–H groups in total. The molecular formula is C13H16N4O4. The van der Waals surface area contributed by atoms with Crippen LogP contribution >= 0.6 is 0 Å². The molecule has 1 aliphatic rings. The average Bonchev–Trinajstić information content (AvgIpc) is 3.08. The molecule has 112 valence electrons. The van der Waals surface area contributed by atoms with Gasteiger partial charge in [0.05, 0.1) is 19.0 Å². The molecule has 21 heavy (non-hydrogen) atoms. The lowest BCUT2D eigenvalue weighted by atomic mass is 10.2. The van der Waals surface area contributed by atoms with Gasteiger partial charge in [-0.05, 0) is 0 Å². The molecule has 0 saturated carbocycles. The van der Waals surface area contributed by atoms with Gasteiger partial charge in [-0.2, -0.15) is 4.98 Å². The predicted octanol–water partition coefficient (Wildman–Crippen LogP) is 0.0318. The van der Waals surface area contributed by atoms with Crippen LogP contribution in [0, 0.1) is 0 Å². The van der Waals surface area contributed by atoms with Crippen molar-refractivity contribution in [2.75, 3.05) is 13.2 Å². The summed E-state index contributed by atoms with van der Waals surface area (Å²) in [6.07, 6.45) is 3.20. The van der Waals surface area contributed by atoms with E-state index in [0.29, 0.717) is 30.1 Å². The van der Waals surface area contributed by atoms with Gasteiger partial charge in [-0.15, -0.1) is 0 Å². The summed E-state index contributed by atoms with van der Waals surface area (Å²) >= 11 is 0. The lowest BCUT2D eigenvalue weighted by Gasteiger charge is -2.13. The Labute approximate surface area is 120 Å². The van der Waals surface area contributed by atoms with Gasteiger partial charge in [-0.3, -0.25) is 4.57 Å².